The molecule has 5 nitrogen and oxygen atoms in total. The van der Waals surface area contributed by atoms with E-state index in [1.165, 1.54) is 0 Å². The number of rotatable bonds is 4. The van der Waals surface area contributed by atoms with Crippen LogP contribution in [0.25, 0.3) is 0 Å². The maximum atomic E-state index is 11.5. The van der Waals surface area contributed by atoms with E-state index >= 15 is 0 Å². The normalized spacial score (nSPS) is 9.89. The number of hydrogen-bond donors (Lipinski definition) is 2. The van der Waals surface area contributed by atoms with E-state index in [-0.39, 0.29) is 0 Å². The van der Waals surface area contributed by atoms with E-state index in [9.17, 15) is 4.79 Å². The number of aromatic nitrogens is 1. The molecule has 3 N–H and O–H groups in total. The molecule has 0 atom stereocenters. The minimum Gasteiger partial charge on any atom is -0.410 e. The Kier molecular flexibility index (Phi) is 4.34. The van der Waals surface area contributed by atoms with Crippen LogP contribution in [0.5, 0.6) is 5.75 Å². The predicted octanol–water partition coefficient (Wildman–Crippen LogP) is 1.99. The minimum atomic E-state index is -0.485. The van der Waals surface area contributed by atoms with Crippen molar-refractivity contribution in [2.24, 2.45) is 0 Å². The SMILES string of the molecule is Nc1ccc(OC(=O)NCCc2ccccn2)cc1. The molecule has 0 fully saturated rings. The summed E-state index contributed by atoms with van der Waals surface area (Å²) >= 11 is 0. The number of ether oxygens (including phenoxy) is 1. The van der Waals surface area contributed by atoms with Crippen molar-refractivity contribution in [3.8, 4) is 5.75 Å². The smallest absolute Gasteiger partial charge is 0.410 e. The quantitative estimate of drug-likeness (QED) is 0.821. The Morgan fingerprint density at radius 1 is 1.21 bits per heavy atom. The molecular weight excluding hydrogens is 242 g/mol. The number of nitrogens with one attached hydrogen (secondary N) is 1. The molecule has 0 saturated carbocycles. The van der Waals surface area contributed by atoms with Crippen molar-refractivity contribution >= 4 is 11.8 Å². The lowest BCUT2D eigenvalue weighted by molar-refractivity contribution is 0.200. The Balaban J connectivity index is 1.74. The highest BCUT2D eigenvalue weighted by Gasteiger charge is 2.03. The molecule has 2 aromatic rings. The molecule has 5 heteroatoms. The van der Waals surface area contributed by atoms with Crippen molar-refractivity contribution in [2.75, 3.05) is 12.3 Å². The summed E-state index contributed by atoms with van der Waals surface area (Å²) in [4.78, 5) is 15.7. The Bertz CT molecular complexity index is 526. The van der Waals surface area contributed by atoms with E-state index in [1.54, 1.807) is 30.5 Å². The average molecular weight is 257 g/mol. The van der Waals surface area contributed by atoms with Crippen LogP contribution >= 0.6 is 0 Å². The van der Waals surface area contributed by atoms with Crippen molar-refractivity contribution in [1.82, 2.24) is 10.3 Å². The van der Waals surface area contributed by atoms with E-state index in [4.69, 9.17) is 10.5 Å². The van der Waals surface area contributed by atoms with Crippen molar-refractivity contribution < 1.29 is 9.53 Å². The first kappa shape index (κ1) is 12.9. The molecule has 1 aromatic carbocycles. The second-order valence-electron chi connectivity index (χ2n) is 3.96. The van der Waals surface area contributed by atoms with E-state index in [0.29, 0.717) is 24.4 Å². The number of carbonyl (C=O) groups is 1. The summed E-state index contributed by atoms with van der Waals surface area (Å²) in [5.74, 6) is 0.463. The van der Waals surface area contributed by atoms with Crippen LogP contribution in [0.15, 0.2) is 48.7 Å². The van der Waals surface area contributed by atoms with Crippen LogP contribution in [0.4, 0.5) is 10.5 Å². The number of carbonyl (C=O) groups excluding carboxylic acids is 1. The number of hydrogen-bond acceptors (Lipinski definition) is 4. The van der Waals surface area contributed by atoms with Gasteiger partial charge in [0, 0.05) is 30.5 Å². The van der Waals surface area contributed by atoms with Crippen molar-refractivity contribution in [3.63, 3.8) is 0 Å². The van der Waals surface area contributed by atoms with Gasteiger partial charge in [0.2, 0.25) is 0 Å². The van der Waals surface area contributed by atoms with Crippen molar-refractivity contribution in [3.05, 3.63) is 54.4 Å². The van der Waals surface area contributed by atoms with Gasteiger partial charge in [-0.1, -0.05) is 6.07 Å². The third-order valence-corrected chi connectivity index (χ3v) is 2.47. The van der Waals surface area contributed by atoms with Crippen LogP contribution in [-0.2, 0) is 6.42 Å². The van der Waals surface area contributed by atoms with Crippen LogP contribution in [0, 0.1) is 0 Å². The summed E-state index contributed by atoms with van der Waals surface area (Å²) < 4.78 is 5.08. The number of nitrogen functional groups attached to an aromatic ring is 1. The highest BCUT2D eigenvalue weighted by atomic mass is 16.5. The fourth-order valence-corrected chi connectivity index (χ4v) is 1.52. The fourth-order valence-electron chi connectivity index (χ4n) is 1.52. The Labute approximate surface area is 111 Å². The molecule has 0 aliphatic carbocycles. The topological polar surface area (TPSA) is 77.2 Å². The summed E-state index contributed by atoms with van der Waals surface area (Å²) in [6.07, 6.45) is 1.90. The van der Waals surface area contributed by atoms with Gasteiger partial charge in [-0.3, -0.25) is 4.98 Å². The van der Waals surface area contributed by atoms with Gasteiger partial charge in [0.1, 0.15) is 5.75 Å². The molecule has 2 rings (SSSR count). The first-order valence-corrected chi connectivity index (χ1v) is 5.95. The molecule has 19 heavy (non-hydrogen) atoms. The summed E-state index contributed by atoms with van der Waals surface area (Å²) in [6, 6.07) is 12.3. The largest absolute Gasteiger partial charge is 0.412 e. The number of benzene rings is 1. The Morgan fingerprint density at radius 3 is 2.68 bits per heavy atom. The molecule has 1 amide bonds. The van der Waals surface area contributed by atoms with Crippen LogP contribution in [0.3, 0.4) is 0 Å². The van der Waals surface area contributed by atoms with Gasteiger partial charge in [-0.25, -0.2) is 4.79 Å². The van der Waals surface area contributed by atoms with Crippen LogP contribution in [0.2, 0.25) is 0 Å². The third kappa shape index (κ3) is 4.31. The van der Waals surface area contributed by atoms with Gasteiger partial charge in [-0.2, -0.15) is 0 Å². The zero-order chi connectivity index (χ0) is 13.5. The number of nitrogens with zero attached hydrogens (tertiary/aromatic N) is 1. The molecule has 0 radical (unpaired) electrons. The number of amides is 1. The standard InChI is InChI=1S/C14H15N3O2/c15-11-4-6-13(7-5-11)19-14(18)17-10-8-12-3-1-2-9-16-12/h1-7,9H,8,10,15H2,(H,17,18). The van der Waals surface area contributed by atoms with E-state index < -0.39 is 6.09 Å². The zero-order valence-corrected chi connectivity index (χ0v) is 10.4. The van der Waals surface area contributed by atoms with Gasteiger partial charge in [0.15, 0.2) is 0 Å². The zero-order valence-electron chi connectivity index (χ0n) is 10.4. The fraction of sp³-hybridized carbons (Fsp3) is 0.143. The minimum absolute atomic E-state index is 0.463. The molecule has 0 spiro atoms. The number of nitrogens with two attached hydrogens (primary N) is 1. The Hall–Kier alpha value is -2.56. The molecule has 1 aromatic heterocycles. The molecule has 0 aliphatic rings. The first-order chi connectivity index (χ1) is 9.24. The van der Waals surface area contributed by atoms with Gasteiger partial charge in [0.25, 0.3) is 0 Å². The maximum Gasteiger partial charge on any atom is 0.412 e. The monoisotopic (exact) mass is 257 g/mol. The summed E-state index contributed by atoms with van der Waals surface area (Å²) in [5.41, 5.74) is 7.09. The molecule has 1 heterocycles. The second kappa shape index (κ2) is 6.39. The number of anilines is 1. The lowest BCUT2D eigenvalue weighted by Crippen LogP contribution is -2.28. The lowest BCUT2D eigenvalue weighted by atomic mass is 10.3. The van der Waals surface area contributed by atoms with E-state index in [1.807, 2.05) is 18.2 Å². The first-order valence-electron chi connectivity index (χ1n) is 5.95. The molecule has 98 valence electrons. The van der Waals surface area contributed by atoms with Gasteiger partial charge in [-0.15, -0.1) is 0 Å². The lowest BCUT2D eigenvalue weighted by Gasteiger charge is -2.06. The molecular formula is C14H15N3O2. The van der Waals surface area contributed by atoms with E-state index in [0.717, 1.165) is 5.69 Å². The predicted molar refractivity (Wildman–Crippen MR) is 72.8 cm³/mol. The average Bonchev–Trinajstić information content (AvgIpc) is 2.43. The number of pyridine rings is 1. The maximum absolute atomic E-state index is 11.5. The third-order valence-electron chi connectivity index (χ3n) is 2.47. The molecule has 0 unspecified atom stereocenters. The van der Waals surface area contributed by atoms with Crippen molar-refractivity contribution in [2.45, 2.75) is 6.42 Å². The Morgan fingerprint density at radius 2 is 2.00 bits per heavy atom. The molecule has 0 bridgehead atoms. The second-order valence-corrected chi connectivity index (χ2v) is 3.96. The highest BCUT2D eigenvalue weighted by molar-refractivity contribution is 5.70. The van der Waals surface area contributed by atoms with Gasteiger partial charge < -0.3 is 15.8 Å². The highest BCUT2D eigenvalue weighted by Crippen LogP contribution is 2.12. The van der Waals surface area contributed by atoms with Gasteiger partial charge in [-0.05, 0) is 36.4 Å². The van der Waals surface area contributed by atoms with Crippen LogP contribution in [0.1, 0.15) is 5.69 Å². The van der Waals surface area contributed by atoms with Crippen LogP contribution in [-0.4, -0.2) is 17.6 Å². The molecule has 0 saturated heterocycles. The van der Waals surface area contributed by atoms with Gasteiger partial charge >= 0.3 is 6.09 Å². The summed E-state index contributed by atoms with van der Waals surface area (Å²) in [7, 11) is 0. The van der Waals surface area contributed by atoms with Crippen molar-refractivity contribution in [1.29, 1.82) is 0 Å². The molecule has 0 aliphatic heterocycles. The van der Waals surface area contributed by atoms with Gasteiger partial charge in [0.05, 0.1) is 0 Å². The van der Waals surface area contributed by atoms with E-state index in [2.05, 4.69) is 10.3 Å². The summed E-state index contributed by atoms with van der Waals surface area (Å²) in [5, 5.41) is 2.66. The summed E-state index contributed by atoms with van der Waals surface area (Å²) in [6.45, 7) is 0.477. The van der Waals surface area contributed by atoms with Crippen LogP contribution < -0.4 is 15.8 Å².